The Kier molecular flexibility index (Phi) is 7.57. The predicted molar refractivity (Wildman–Crippen MR) is 137 cm³/mol. The lowest BCUT2D eigenvalue weighted by molar-refractivity contribution is -0.123. The molecule has 35 heavy (non-hydrogen) atoms. The summed E-state index contributed by atoms with van der Waals surface area (Å²) in [6.45, 7) is 0.178. The molecule has 0 aromatic heterocycles. The molecular weight excluding hydrogens is 550 g/mol. The average Bonchev–Trinajstić information content (AvgIpc) is 3.11. The van der Waals surface area contributed by atoms with Crippen LogP contribution in [0, 0.1) is 22.7 Å². The van der Waals surface area contributed by atoms with Gasteiger partial charge in [0.25, 0.3) is 11.1 Å². The smallest absolute Gasteiger partial charge is 0.293 e. The van der Waals surface area contributed by atoms with Crippen LogP contribution in [0.4, 0.5) is 4.79 Å². The number of hydrogen-bond acceptors (Lipinski definition) is 6. The maximum absolute atomic E-state index is 12.9. The van der Waals surface area contributed by atoms with Crippen LogP contribution in [-0.2, 0) is 17.9 Å². The number of imide groups is 1. The van der Waals surface area contributed by atoms with Crippen LogP contribution in [-0.4, -0.2) is 16.0 Å². The van der Waals surface area contributed by atoms with Gasteiger partial charge in [0.15, 0.2) is 5.75 Å². The summed E-state index contributed by atoms with van der Waals surface area (Å²) in [5.41, 5.74) is 2.87. The minimum absolute atomic E-state index is 0.0210. The molecule has 3 aromatic rings. The van der Waals surface area contributed by atoms with Crippen LogP contribution in [0.15, 0.2) is 70.0 Å². The van der Waals surface area contributed by atoms with Crippen molar-refractivity contribution in [3.8, 4) is 17.9 Å². The third-order valence-corrected chi connectivity index (χ3v) is 6.95. The number of thioether (sulfide) groups is 1. The van der Waals surface area contributed by atoms with Gasteiger partial charge < -0.3 is 4.74 Å². The number of carbonyl (C=O) groups is 2. The van der Waals surface area contributed by atoms with Gasteiger partial charge in [-0.1, -0.05) is 48.0 Å². The van der Waals surface area contributed by atoms with E-state index in [4.69, 9.17) is 16.3 Å². The molecular formula is C26H15BrClN3O3S. The van der Waals surface area contributed by atoms with Gasteiger partial charge in [-0.2, -0.15) is 10.5 Å². The van der Waals surface area contributed by atoms with Crippen molar-refractivity contribution in [3.63, 3.8) is 0 Å². The van der Waals surface area contributed by atoms with Gasteiger partial charge in [0.05, 0.1) is 44.2 Å². The second-order valence-corrected chi connectivity index (χ2v) is 9.66. The summed E-state index contributed by atoms with van der Waals surface area (Å²) in [5.74, 6) is -0.0359. The Balaban J connectivity index is 1.53. The van der Waals surface area contributed by atoms with Crippen molar-refractivity contribution in [2.45, 2.75) is 13.2 Å². The van der Waals surface area contributed by atoms with Gasteiger partial charge in [-0.05, 0) is 69.2 Å². The van der Waals surface area contributed by atoms with E-state index in [9.17, 15) is 20.1 Å². The molecule has 172 valence electrons. The van der Waals surface area contributed by atoms with Crippen molar-refractivity contribution >= 4 is 56.5 Å². The van der Waals surface area contributed by atoms with Crippen molar-refractivity contribution in [1.29, 1.82) is 10.5 Å². The summed E-state index contributed by atoms with van der Waals surface area (Å²) < 4.78 is 6.42. The van der Waals surface area contributed by atoms with Crippen LogP contribution in [0.3, 0.4) is 0 Å². The van der Waals surface area contributed by atoms with E-state index >= 15 is 0 Å². The first-order valence-corrected chi connectivity index (χ1v) is 12.2. The van der Waals surface area contributed by atoms with E-state index in [1.54, 1.807) is 60.7 Å². The third kappa shape index (κ3) is 5.41. The van der Waals surface area contributed by atoms with Crippen molar-refractivity contribution in [3.05, 3.63) is 103 Å². The number of ether oxygens (including phenoxy) is 1. The van der Waals surface area contributed by atoms with Gasteiger partial charge >= 0.3 is 0 Å². The maximum atomic E-state index is 12.9. The second kappa shape index (κ2) is 10.8. The van der Waals surface area contributed by atoms with Crippen LogP contribution in [0.2, 0.25) is 5.02 Å². The molecule has 9 heteroatoms. The van der Waals surface area contributed by atoms with E-state index in [2.05, 4.69) is 28.1 Å². The highest BCUT2D eigenvalue weighted by Crippen LogP contribution is 2.38. The predicted octanol–water partition coefficient (Wildman–Crippen LogP) is 6.66. The summed E-state index contributed by atoms with van der Waals surface area (Å²) >= 11 is 10.7. The van der Waals surface area contributed by atoms with E-state index in [0.717, 1.165) is 22.2 Å². The number of nitriles is 2. The van der Waals surface area contributed by atoms with Crippen LogP contribution in [0.1, 0.15) is 27.8 Å². The molecule has 0 N–H and O–H groups in total. The SMILES string of the molecule is N#Cc1ccccc1COc1c(Cl)cc(/C=C2/SC(=O)N(Cc3ccccc3C#N)C2=O)cc1Br. The van der Waals surface area contributed by atoms with Gasteiger partial charge in [-0.25, -0.2) is 0 Å². The molecule has 1 aliphatic heterocycles. The Bertz CT molecular complexity index is 1440. The highest BCUT2D eigenvalue weighted by Gasteiger charge is 2.35. The van der Waals surface area contributed by atoms with E-state index in [1.807, 2.05) is 6.07 Å². The Morgan fingerprint density at radius 2 is 1.63 bits per heavy atom. The molecule has 3 aromatic carbocycles. The summed E-state index contributed by atoms with van der Waals surface area (Å²) in [5, 5.41) is 18.4. The number of rotatable bonds is 6. The van der Waals surface area contributed by atoms with Crippen LogP contribution in [0.5, 0.6) is 5.75 Å². The number of halogens is 2. The number of hydrogen-bond donors (Lipinski definition) is 0. The average molecular weight is 565 g/mol. The number of amides is 2. The Hall–Kier alpha value is -3.56. The number of nitrogens with zero attached hydrogens (tertiary/aromatic N) is 3. The van der Waals surface area contributed by atoms with Gasteiger partial charge in [-0.15, -0.1) is 0 Å². The van der Waals surface area contributed by atoms with Gasteiger partial charge in [0.1, 0.15) is 6.61 Å². The van der Waals surface area contributed by atoms with E-state index in [0.29, 0.717) is 37.5 Å². The molecule has 0 atom stereocenters. The molecule has 0 spiro atoms. The maximum Gasteiger partial charge on any atom is 0.293 e. The van der Waals surface area contributed by atoms with E-state index in [1.165, 1.54) is 0 Å². The molecule has 0 radical (unpaired) electrons. The van der Waals surface area contributed by atoms with Crippen molar-refractivity contribution in [1.82, 2.24) is 4.90 Å². The molecule has 1 fully saturated rings. The standard InChI is InChI=1S/C26H15BrClN3O3S/c27-21-9-16(10-22(28)24(21)34-15-20-8-4-2-6-18(20)13-30)11-23-25(32)31(26(33)35-23)14-19-7-3-1-5-17(19)12-29/h1-11H,14-15H2/b23-11+. The summed E-state index contributed by atoms with van der Waals surface area (Å²) in [4.78, 5) is 26.8. The van der Waals surface area contributed by atoms with E-state index in [-0.39, 0.29) is 18.1 Å². The molecule has 0 unspecified atom stereocenters. The monoisotopic (exact) mass is 563 g/mol. The molecule has 1 saturated heterocycles. The fourth-order valence-corrected chi connectivity index (χ4v) is 5.26. The lowest BCUT2D eigenvalue weighted by Gasteiger charge is -2.13. The molecule has 6 nitrogen and oxygen atoms in total. The first kappa shape index (κ1) is 24.6. The van der Waals surface area contributed by atoms with E-state index < -0.39 is 11.1 Å². The minimum atomic E-state index is -0.437. The fourth-order valence-electron chi connectivity index (χ4n) is 3.43. The van der Waals surface area contributed by atoms with Gasteiger partial charge in [-0.3, -0.25) is 14.5 Å². The van der Waals surface area contributed by atoms with Crippen molar-refractivity contribution in [2.75, 3.05) is 0 Å². The largest absolute Gasteiger partial charge is 0.486 e. The Morgan fingerprint density at radius 1 is 1.00 bits per heavy atom. The first-order chi connectivity index (χ1) is 16.9. The zero-order valence-electron chi connectivity index (χ0n) is 18.0. The number of carbonyl (C=O) groups excluding carboxylic acids is 2. The normalized spacial score (nSPS) is 14.2. The van der Waals surface area contributed by atoms with Crippen molar-refractivity contribution < 1.29 is 14.3 Å². The number of benzene rings is 3. The van der Waals surface area contributed by atoms with Gasteiger partial charge in [0.2, 0.25) is 0 Å². The minimum Gasteiger partial charge on any atom is -0.486 e. The molecule has 0 bridgehead atoms. The zero-order valence-corrected chi connectivity index (χ0v) is 21.2. The third-order valence-electron chi connectivity index (χ3n) is 5.17. The fraction of sp³-hybridized carbons (Fsp3) is 0.0769. The summed E-state index contributed by atoms with van der Waals surface area (Å²) in [6, 6.07) is 21.5. The highest BCUT2D eigenvalue weighted by atomic mass is 79.9. The topological polar surface area (TPSA) is 94.2 Å². The van der Waals surface area contributed by atoms with Crippen molar-refractivity contribution in [2.24, 2.45) is 0 Å². The lowest BCUT2D eigenvalue weighted by Crippen LogP contribution is -2.27. The molecule has 2 amide bonds. The van der Waals surface area contributed by atoms with Gasteiger partial charge in [0, 0.05) is 5.56 Å². The second-order valence-electron chi connectivity index (χ2n) is 7.41. The summed E-state index contributed by atoms with van der Waals surface area (Å²) in [7, 11) is 0. The van der Waals surface area contributed by atoms with Crippen LogP contribution in [0.25, 0.3) is 6.08 Å². The molecule has 0 saturated carbocycles. The van der Waals surface area contributed by atoms with Crippen LogP contribution < -0.4 is 4.74 Å². The molecule has 1 aliphatic rings. The molecule has 0 aliphatic carbocycles. The Labute approximate surface area is 219 Å². The zero-order chi connectivity index (χ0) is 24.9. The first-order valence-electron chi connectivity index (χ1n) is 10.2. The quantitative estimate of drug-likeness (QED) is 0.311. The highest BCUT2D eigenvalue weighted by molar-refractivity contribution is 9.10. The molecule has 1 heterocycles. The molecule has 4 rings (SSSR count). The lowest BCUT2D eigenvalue weighted by atomic mass is 10.1. The summed E-state index contributed by atoms with van der Waals surface area (Å²) in [6.07, 6.45) is 1.59. The van der Waals surface area contributed by atoms with Crippen LogP contribution >= 0.6 is 39.3 Å². The Morgan fingerprint density at radius 3 is 2.29 bits per heavy atom.